The van der Waals surface area contributed by atoms with E-state index in [0.29, 0.717) is 11.0 Å². The second kappa shape index (κ2) is 5.81. The van der Waals surface area contributed by atoms with Crippen molar-refractivity contribution in [2.45, 2.75) is 40.0 Å². The number of anilines is 1. The molecule has 2 heterocycles. The van der Waals surface area contributed by atoms with Crippen LogP contribution in [-0.2, 0) is 0 Å². The van der Waals surface area contributed by atoms with E-state index < -0.39 is 0 Å². The molecule has 0 spiro atoms. The van der Waals surface area contributed by atoms with Crippen LogP contribution in [0.4, 0.5) is 5.69 Å². The summed E-state index contributed by atoms with van der Waals surface area (Å²) in [6.45, 7) is 8.19. The van der Waals surface area contributed by atoms with Crippen molar-refractivity contribution in [2.24, 2.45) is 5.41 Å². The Morgan fingerprint density at radius 3 is 2.80 bits per heavy atom. The molecule has 1 aromatic rings. The average molecular weight is 275 g/mol. The van der Waals surface area contributed by atoms with Gasteiger partial charge in [-0.25, -0.2) is 0 Å². The van der Waals surface area contributed by atoms with Crippen molar-refractivity contribution >= 4 is 11.6 Å². The van der Waals surface area contributed by atoms with E-state index in [-0.39, 0.29) is 5.91 Å². The molecule has 110 valence electrons. The number of aromatic nitrogens is 1. The molecule has 0 atom stereocenters. The summed E-state index contributed by atoms with van der Waals surface area (Å²) < 4.78 is 0. The van der Waals surface area contributed by atoms with E-state index in [4.69, 9.17) is 0 Å². The first kappa shape index (κ1) is 14.8. The number of hydrogen-bond acceptors (Lipinski definition) is 3. The lowest BCUT2D eigenvalue weighted by Crippen LogP contribution is -2.33. The summed E-state index contributed by atoms with van der Waals surface area (Å²) in [4.78, 5) is 18.9. The number of likely N-dealkylation sites (tertiary alicyclic amines) is 1. The van der Waals surface area contributed by atoms with Crippen molar-refractivity contribution < 1.29 is 4.79 Å². The number of aryl methyl sites for hydroxylation is 1. The lowest BCUT2D eigenvalue weighted by atomic mass is 9.85. The van der Waals surface area contributed by atoms with Crippen LogP contribution < -0.4 is 5.32 Å². The summed E-state index contributed by atoms with van der Waals surface area (Å²) in [7, 11) is 1.84. The number of rotatable bonds is 2. The van der Waals surface area contributed by atoms with Crippen molar-refractivity contribution in [3.63, 3.8) is 0 Å². The predicted molar refractivity (Wildman–Crippen MR) is 82.1 cm³/mol. The van der Waals surface area contributed by atoms with E-state index in [9.17, 15) is 4.79 Å². The van der Waals surface area contributed by atoms with E-state index in [2.05, 4.69) is 24.1 Å². The number of amides is 1. The number of pyridine rings is 1. The molecule has 1 aromatic heterocycles. The highest BCUT2D eigenvalue weighted by atomic mass is 16.2. The molecule has 0 aromatic carbocycles. The van der Waals surface area contributed by atoms with Gasteiger partial charge in [0.15, 0.2) is 0 Å². The summed E-state index contributed by atoms with van der Waals surface area (Å²) in [6, 6.07) is 1.93. The molecule has 2 rings (SSSR count). The van der Waals surface area contributed by atoms with E-state index in [0.717, 1.165) is 37.3 Å². The van der Waals surface area contributed by atoms with Gasteiger partial charge in [0.05, 0.1) is 11.3 Å². The van der Waals surface area contributed by atoms with Gasteiger partial charge in [-0.2, -0.15) is 0 Å². The maximum Gasteiger partial charge on any atom is 0.257 e. The topological polar surface area (TPSA) is 45.2 Å². The molecule has 0 unspecified atom stereocenters. The summed E-state index contributed by atoms with van der Waals surface area (Å²) in [5.74, 6) is 0.0968. The van der Waals surface area contributed by atoms with Crippen LogP contribution in [0.15, 0.2) is 12.3 Å². The van der Waals surface area contributed by atoms with Crippen LogP contribution in [0.2, 0.25) is 0 Å². The summed E-state index contributed by atoms with van der Waals surface area (Å²) in [6.07, 6.45) is 5.02. The average Bonchev–Trinajstić information content (AvgIpc) is 2.59. The Balaban J connectivity index is 2.19. The van der Waals surface area contributed by atoms with Crippen molar-refractivity contribution in [1.82, 2.24) is 9.88 Å². The molecule has 0 radical (unpaired) electrons. The van der Waals surface area contributed by atoms with Crippen LogP contribution in [-0.4, -0.2) is 35.9 Å². The summed E-state index contributed by atoms with van der Waals surface area (Å²) in [5, 5.41) is 3.10. The molecule has 0 aliphatic carbocycles. The summed E-state index contributed by atoms with van der Waals surface area (Å²) >= 11 is 0. The molecule has 20 heavy (non-hydrogen) atoms. The monoisotopic (exact) mass is 275 g/mol. The minimum atomic E-state index is 0.0968. The van der Waals surface area contributed by atoms with Crippen LogP contribution >= 0.6 is 0 Å². The lowest BCUT2D eigenvalue weighted by molar-refractivity contribution is 0.0758. The Kier molecular flexibility index (Phi) is 4.31. The van der Waals surface area contributed by atoms with Gasteiger partial charge in [0, 0.05) is 32.0 Å². The highest BCUT2D eigenvalue weighted by Crippen LogP contribution is 2.30. The Bertz CT molecular complexity index is 496. The second-order valence-electron chi connectivity index (χ2n) is 6.43. The van der Waals surface area contributed by atoms with Gasteiger partial charge >= 0.3 is 0 Å². The molecule has 1 fully saturated rings. The quantitative estimate of drug-likeness (QED) is 0.902. The van der Waals surface area contributed by atoms with Crippen LogP contribution in [0.1, 0.15) is 49.2 Å². The number of nitrogens with one attached hydrogen (secondary N) is 1. The van der Waals surface area contributed by atoms with Crippen LogP contribution in [0, 0.1) is 12.3 Å². The Morgan fingerprint density at radius 2 is 2.10 bits per heavy atom. The Hall–Kier alpha value is -1.58. The standard InChI is InChI=1S/C16H25N3O/c1-12-10-14(17-4)13(11-18-12)15(20)19-8-5-6-16(2,3)7-9-19/h10-11H,5-9H2,1-4H3,(H,17,18). The molecule has 4 heteroatoms. The third-order valence-corrected chi connectivity index (χ3v) is 4.17. The zero-order valence-electron chi connectivity index (χ0n) is 13.0. The molecule has 1 aliphatic heterocycles. The van der Waals surface area contributed by atoms with E-state index >= 15 is 0 Å². The van der Waals surface area contributed by atoms with Gasteiger partial charge in [0.1, 0.15) is 0 Å². The Morgan fingerprint density at radius 1 is 1.35 bits per heavy atom. The molecule has 1 saturated heterocycles. The van der Waals surface area contributed by atoms with Gasteiger partial charge in [0.2, 0.25) is 0 Å². The van der Waals surface area contributed by atoms with Gasteiger partial charge in [-0.3, -0.25) is 9.78 Å². The molecule has 0 bridgehead atoms. The number of carbonyl (C=O) groups excluding carboxylic acids is 1. The SMILES string of the molecule is CNc1cc(C)ncc1C(=O)N1CCCC(C)(C)CC1. The minimum Gasteiger partial charge on any atom is -0.387 e. The van der Waals surface area contributed by atoms with Crippen LogP contribution in [0.3, 0.4) is 0 Å². The lowest BCUT2D eigenvalue weighted by Gasteiger charge is -2.24. The third kappa shape index (κ3) is 3.30. The van der Waals surface area contributed by atoms with Crippen molar-refractivity contribution in [2.75, 3.05) is 25.5 Å². The van der Waals surface area contributed by atoms with E-state index in [1.54, 1.807) is 6.20 Å². The molecule has 4 nitrogen and oxygen atoms in total. The van der Waals surface area contributed by atoms with Gasteiger partial charge in [-0.15, -0.1) is 0 Å². The minimum absolute atomic E-state index is 0.0968. The maximum atomic E-state index is 12.7. The zero-order chi connectivity index (χ0) is 14.8. The largest absolute Gasteiger partial charge is 0.387 e. The molecule has 0 saturated carbocycles. The first-order chi connectivity index (χ1) is 9.43. The van der Waals surface area contributed by atoms with E-state index in [1.165, 1.54) is 6.42 Å². The molecule has 1 amide bonds. The third-order valence-electron chi connectivity index (χ3n) is 4.17. The van der Waals surface area contributed by atoms with Gasteiger partial charge in [0.25, 0.3) is 5.91 Å². The van der Waals surface area contributed by atoms with Gasteiger partial charge in [-0.05, 0) is 37.7 Å². The smallest absolute Gasteiger partial charge is 0.257 e. The number of carbonyl (C=O) groups is 1. The fourth-order valence-corrected chi connectivity index (χ4v) is 2.73. The van der Waals surface area contributed by atoms with Crippen LogP contribution in [0.5, 0.6) is 0 Å². The second-order valence-corrected chi connectivity index (χ2v) is 6.43. The number of nitrogens with zero attached hydrogens (tertiary/aromatic N) is 2. The van der Waals surface area contributed by atoms with Crippen molar-refractivity contribution in [1.29, 1.82) is 0 Å². The van der Waals surface area contributed by atoms with Crippen LogP contribution in [0.25, 0.3) is 0 Å². The molecule has 1 N–H and O–H groups in total. The maximum absolute atomic E-state index is 12.7. The van der Waals surface area contributed by atoms with E-state index in [1.807, 2.05) is 24.9 Å². The zero-order valence-corrected chi connectivity index (χ0v) is 13.0. The van der Waals surface area contributed by atoms with Crippen molar-refractivity contribution in [3.05, 3.63) is 23.5 Å². The summed E-state index contributed by atoms with van der Waals surface area (Å²) in [5.41, 5.74) is 2.80. The van der Waals surface area contributed by atoms with Crippen molar-refractivity contribution in [3.8, 4) is 0 Å². The predicted octanol–water partition coefficient (Wildman–Crippen LogP) is 3.08. The molecular formula is C16H25N3O. The normalized spacial score (nSPS) is 18.5. The molecule has 1 aliphatic rings. The van der Waals surface area contributed by atoms with Gasteiger partial charge < -0.3 is 10.2 Å². The fourth-order valence-electron chi connectivity index (χ4n) is 2.73. The number of hydrogen-bond donors (Lipinski definition) is 1. The highest BCUT2D eigenvalue weighted by Gasteiger charge is 2.26. The first-order valence-corrected chi connectivity index (χ1v) is 7.37. The fraction of sp³-hybridized carbons (Fsp3) is 0.625. The highest BCUT2D eigenvalue weighted by molar-refractivity contribution is 5.99. The Labute approximate surface area is 121 Å². The van der Waals surface area contributed by atoms with Gasteiger partial charge in [-0.1, -0.05) is 13.8 Å². The molecular weight excluding hydrogens is 250 g/mol. The first-order valence-electron chi connectivity index (χ1n) is 7.37.